The first-order chi connectivity index (χ1) is 7.95. The largest absolute Gasteiger partial charge is 0.397 e. The number of primary amides is 1. The average molecular weight is 236 g/mol. The number of anilines is 2. The van der Waals surface area contributed by atoms with Crippen molar-refractivity contribution in [3.8, 4) is 0 Å². The molecule has 1 atom stereocenters. The van der Waals surface area contributed by atoms with Gasteiger partial charge in [0.1, 0.15) is 6.04 Å². The van der Waals surface area contributed by atoms with Gasteiger partial charge in [-0.25, -0.2) is 0 Å². The standard InChI is InChI=1S/C11H16N4O2/c1-6(10(13)16)15-9-4-3-7(5-8(9)12)11(17)14-2/h3-6,15H,12H2,1-2H3,(H2,13,16)(H,14,17). The minimum Gasteiger partial charge on any atom is -0.397 e. The fourth-order valence-corrected chi connectivity index (χ4v) is 1.28. The number of rotatable bonds is 4. The van der Waals surface area contributed by atoms with Gasteiger partial charge in [-0.15, -0.1) is 0 Å². The van der Waals surface area contributed by atoms with Crippen LogP contribution in [0.2, 0.25) is 0 Å². The van der Waals surface area contributed by atoms with Gasteiger partial charge in [-0.2, -0.15) is 0 Å². The van der Waals surface area contributed by atoms with Crippen LogP contribution in [0.15, 0.2) is 18.2 Å². The van der Waals surface area contributed by atoms with E-state index in [0.717, 1.165) is 0 Å². The van der Waals surface area contributed by atoms with Crippen molar-refractivity contribution in [1.29, 1.82) is 0 Å². The molecule has 0 aliphatic carbocycles. The zero-order valence-corrected chi connectivity index (χ0v) is 9.78. The minimum atomic E-state index is -0.525. The van der Waals surface area contributed by atoms with Crippen molar-refractivity contribution in [3.63, 3.8) is 0 Å². The fourth-order valence-electron chi connectivity index (χ4n) is 1.28. The number of hydrogen-bond donors (Lipinski definition) is 4. The molecule has 6 N–H and O–H groups in total. The molecular formula is C11H16N4O2. The van der Waals surface area contributed by atoms with E-state index in [9.17, 15) is 9.59 Å². The predicted molar refractivity (Wildman–Crippen MR) is 66.5 cm³/mol. The van der Waals surface area contributed by atoms with Crippen LogP contribution in [0, 0.1) is 0 Å². The van der Waals surface area contributed by atoms with Gasteiger partial charge in [-0.05, 0) is 25.1 Å². The number of carbonyl (C=O) groups excluding carboxylic acids is 2. The Labute approximate surface area is 99.4 Å². The lowest BCUT2D eigenvalue weighted by Gasteiger charge is -2.14. The van der Waals surface area contributed by atoms with Crippen LogP contribution in [-0.4, -0.2) is 24.9 Å². The van der Waals surface area contributed by atoms with Gasteiger partial charge >= 0.3 is 0 Å². The summed E-state index contributed by atoms with van der Waals surface area (Å²) in [4.78, 5) is 22.2. The molecule has 0 fully saturated rings. The molecule has 6 heteroatoms. The zero-order valence-electron chi connectivity index (χ0n) is 9.78. The maximum Gasteiger partial charge on any atom is 0.251 e. The Morgan fingerprint density at radius 1 is 1.35 bits per heavy atom. The maximum atomic E-state index is 11.3. The third kappa shape index (κ3) is 3.10. The summed E-state index contributed by atoms with van der Waals surface area (Å²) in [6.45, 7) is 1.63. The number of nitrogens with one attached hydrogen (secondary N) is 2. The minimum absolute atomic E-state index is 0.216. The van der Waals surface area contributed by atoms with Crippen LogP contribution in [0.4, 0.5) is 11.4 Å². The van der Waals surface area contributed by atoms with Crippen LogP contribution in [0.5, 0.6) is 0 Å². The molecule has 0 aliphatic heterocycles. The molecule has 17 heavy (non-hydrogen) atoms. The quantitative estimate of drug-likeness (QED) is 0.548. The molecule has 6 nitrogen and oxygen atoms in total. The van der Waals surface area contributed by atoms with Crippen molar-refractivity contribution in [3.05, 3.63) is 23.8 Å². The molecule has 1 aromatic rings. The van der Waals surface area contributed by atoms with Gasteiger partial charge in [-0.1, -0.05) is 0 Å². The molecule has 1 rings (SSSR count). The second kappa shape index (κ2) is 5.20. The van der Waals surface area contributed by atoms with Crippen LogP contribution < -0.4 is 22.1 Å². The summed E-state index contributed by atoms with van der Waals surface area (Å²) in [6.07, 6.45) is 0. The van der Waals surface area contributed by atoms with E-state index in [-0.39, 0.29) is 5.91 Å². The third-order valence-electron chi connectivity index (χ3n) is 2.34. The molecule has 0 saturated heterocycles. The number of amides is 2. The Morgan fingerprint density at radius 3 is 2.47 bits per heavy atom. The van der Waals surface area contributed by atoms with Crippen molar-refractivity contribution in [1.82, 2.24) is 5.32 Å². The topological polar surface area (TPSA) is 110 Å². The lowest BCUT2D eigenvalue weighted by Crippen LogP contribution is -2.32. The van der Waals surface area contributed by atoms with E-state index in [1.165, 1.54) is 6.07 Å². The van der Waals surface area contributed by atoms with Crippen LogP contribution in [-0.2, 0) is 4.79 Å². The first-order valence-electron chi connectivity index (χ1n) is 5.13. The molecule has 0 aliphatic rings. The second-order valence-electron chi connectivity index (χ2n) is 3.65. The van der Waals surface area contributed by atoms with Crippen LogP contribution >= 0.6 is 0 Å². The van der Waals surface area contributed by atoms with Gasteiger partial charge in [0.15, 0.2) is 0 Å². The predicted octanol–water partition coefficient (Wildman–Crippen LogP) is -0.0859. The molecule has 92 valence electrons. The number of nitrogen functional groups attached to an aromatic ring is 1. The molecule has 1 aromatic carbocycles. The van der Waals surface area contributed by atoms with Crippen molar-refractivity contribution in [2.75, 3.05) is 18.1 Å². The Bertz CT molecular complexity index is 445. The second-order valence-corrected chi connectivity index (χ2v) is 3.65. The SMILES string of the molecule is CNC(=O)c1ccc(NC(C)C(N)=O)c(N)c1. The maximum absolute atomic E-state index is 11.3. The summed E-state index contributed by atoms with van der Waals surface area (Å²) in [7, 11) is 1.54. The summed E-state index contributed by atoms with van der Waals surface area (Å²) >= 11 is 0. The van der Waals surface area contributed by atoms with E-state index >= 15 is 0 Å². The molecule has 0 aromatic heterocycles. The Hall–Kier alpha value is -2.24. The normalized spacial score (nSPS) is 11.6. The van der Waals surface area contributed by atoms with Gasteiger partial charge in [0.2, 0.25) is 5.91 Å². The smallest absolute Gasteiger partial charge is 0.251 e. The number of hydrogen-bond acceptors (Lipinski definition) is 4. The lowest BCUT2D eigenvalue weighted by molar-refractivity contribution is -0.118. The molecule has 0 spiro atoms. The first-order valence-corrected chi connectivity index (χ1v) is 5.13. The van der Waals surface area contributed by atoms with Gasteiger partial charge in [0.25, 0.3) is 5.91 Å². The highest BCUT2D eigenvalue weighted by Gasteiger charge is 2.11. The van der Waals surface area contributed by atoms with E-state index in [2.05, 4.69) is 10.6 Å². The Morgan fingerprint density at radius 2 is 2.00 bits per heavy atom. The molecule has 0 radical (unpaired) electrons. The number of carbonyl (C=O) groups is 2. The highest BCUT2D eigenvalue weighted by molar-refractivity contribution is 5.96. The van der Waals surface area contributed by atoms with Crippen LogP contribution in [0.1, 0.15) is 17.3 Å². The molecule has 1 unspecified atom stereocenters. The Balaban J connectivity index is 2.90. The van der Waals surface area contributed by atoms with Crippen molar-refractivity contribution in [2.45, 2.75) is 13.0 Å². The summed E-state index contributed by atoms with van der Waals surface area (Å²) in [5.41, 5.74) is 12.3. The van der Waals surface area contributed by atoms with Crippen LogP contribution in [0.3, 0.4) is 0 Å². The summed E-state index contributed by atoms with van der Waals surface area (Å²) < 4.78 is 0. The first kappa shape index (κ1) is 12.8. The number of benzene rings is 1. The molecule has 2 amide bonds. The average Bonchev–Trinajstić information content (AvgIpc) is 2.30. The molecule has 0 saturated carbocycles. The van der Waals surface area contributed by atoms with Gasteiger partial charge in [-0.3, -0.25) is 9.59 Å². The van der Waals surface area contributed by atoms with E-state index < -0.39 is 11.9 Å². The van der Waals surface area contributed by atoms with Crippen LogP contribution in [0.25, 0.3) is 0 Å². The van der Waals surface area contributed by atoms with E-state index in [1.807, 2.05) is 0 Å². The van der Waals surface area contributed by atoms with Gasteiger partial charge in [0, 0.05) is 12.6 Å². The zero-order chi connectivity index (χ0) is 13.0. The highest BCUT2D eigenvalue weighted by atomic mass is 16.2. The van der Waals surface area contributed by atoms with Gasteiger partial charge < -0.3 is 22.1 Å². The van der Waals surface area contributed by atoms with E-state index in [0.29, 0.717) is 16.9 Å². The Kier molecular flexibility index (Phi) is 3.92. The molecule has 0 bridgehead atoms. The van der Waals surface area contributed by atoms with Crippen molar-refractivity contribution in [2.24, 2.45) is 5.73 Å². The highest BCUT2D eigenvalue weighted by Crippen LogP contribution is 2.20. The number of nitrogens with two attached hydrogens (primary N) is 2. The van der Waals surface area contributed by atoms with E-state index in [4.69, 9.17) is 11.5 Å². The van der Waals surface area contributed by atoms with Gasteiger partial charge in [0.05, 0.1) is 11.4 Å². The van der Waals surface area contributed by atoms with Crippen molar-refractivity contribution < 1.29 is 9.59 Å². The van der Waals surface area contributed by atoms with Crippen molar-refractivity contribution >= 4 is 23.2 Å². The molecule has 0 heterocycles. The summed E-state index contributed by atoms with van der Waals surface area (Å²) in [6, 6.07) is 4.27. The summed E-state index contributed by atoms with van der Waals surface area (Å²) in [5.74, 6) is -0.689. The monoisotopic (exact) mass is 236 g/mol. The lowest BCUT2D eigenvalue weighted by atomic mass is 10.1. The van der Waals surface area contributed by atoms with E-state index in [1.54, 1.807) is 26.1 Å². The fraction of sp³-hybridized carbons (Fsp3) is 0.273. The molecular weight excluding hydrogens is 220 g/mol. The summed E-state index contributed by atoms with van der Waals surface area (Å²) in [5, 5.41) is 5.36. The third-order valence-corrected chi connectivity index (χ3v) is 2.34.